The summed E-state index contributed by atoms with van der Waals surface area (Å²) >= 11 is 0. The molecule has 3 N–H and O–H groups in total. The average Bonchev–Trinajstić information content (AvgIpc) is 2.31. The van der Waals surface area contributed by atoms with E-state index in [-0.39, 0.29) is 12.4 Å². The molecule has 1 atom stereocenters. The van der Waals surface area contributed by atoms with Gasteiger partial charge in [-0.2, -0.15) is 0 Å². The molecule has 18 heavy (non-hydrogen) atoms. The number of carboxylic acids is 1. The van der Waals surface area contributed by atoms with Gasteiger partial charge >= 0.3 is 5.97 Å². The summed E-state index contributed by atoms with van der Waals surface area (Å²) in [6.45, 7) is 1.80. The highest BCUT2D eigenvalue weighted by atomic mass is 19.1. The summed E-state index contributed by atoms with van der Waals surface area (Å²) in [6, 6.07) is 2.88. The SMILES string of the molecule is Cc1cc(CN(C)C(=O)C(N)C(=O)O)ccc1F. The van der Waals surface area contributed by atoms with Crippen LogP contribution in [-0.4, -0.2) is 35.0 Å². The number of carbonyl (C=O) groups is 2. The van der Waals surface area contributed by atoms with Gasteiger partial charge in [-0.1, -0.05) is 12.1 Å². The molecule has 0 saturated heterocycles. The van der Waals surface area contributed by atoms with Crippen molar-refractivity contribution in [1.29, 1.82) is 0 Å². The fourth-order valence-corrected chi connectivity index (χ4v) is 1.50. The van der Waals surface area contributed by atoms with Crippen molar-refractivity contribution in [3.05, 3.63) is 35.1 Å². The quantitative estimate of drug-likeness (QED) is 0.766. The molecule has 0 saturated carbocycles. The Morgan fingerprint density at radius 3 is 2.61 bits per heavy atom. The smallest absolute Gasteiger partial charge is 0.330 e. The fourth-order valence-electron chi connectivity index (χ4n) is 1.50. The molecule has 98 valence electrons. The molecule has 1 rings (SSSR count). The minimum absolute atomic E-state index is 0.181. The second kappa shape index (κ2) is 5.59. The summed E-state index contributed by atoms with van der Waals surface area (Å²) in [5.74, 6) is -2.39. The van der Waals surface area contributed by atoms with E-state index in [1.165, 1.54) is 18.0 Å². The van der Waals surface area contributed by atoms with Crippen LogP contribution in [0.3, 0.4) is 0 Å². The number of hydrogen-bond acceptors (Lipinski definition) is 3. The maximum absolute atomic E-state index is 13.1. The highest BCUT2D eigenvalue weighted by Crippen LogP contribution is 2.11. The molecule has 0 aliphatic heterocycles. The van der Waals surface area contributed by atoms with Crippen molar-refractivity contribution < 1.29 is 19.1 Å². The summed E-state index contributed by atoms with van der Waals surface area (Å²) in [7, 11) is 1.45. The van der Waals surface area contributed by atoms with Gasteiger partial charge < -0.3 is 15.7 Å². The maximum Gasteiger partial charge on any atom is 0.330 e. The minimum atomic E-state index is -1.57. The number of benzene rings is 1. The monoisotopic (exact) mass is 254 g/mol. The van der Waals surface area contributed by atoms with Crippen molar-refractivity contribution >= 4 is 11.9 Å². The summed E-state index contributed by atoms with van der Waals surface area (Å²) < 4.78 is 13.1. The Morgan fingerprint density at radius 1 is 1.50 bits per heavy atom. The third kappa shape index (κ3) is 3.27. The molecule has 6 heteroatoms. The van der Waals surface area contributed by atoms with Gasteiger partial charge in [0.1, 0.15) is 5.82 Å². The van der Waals surface area contributed by atoms with Crippen LogP contribution in [-0.2, 0) is 16.1 Å². The number of nitrogens with zero attached hydrogens (tertiary/aromatic N) is 1. The lowest BCUT2D eigenvalue weighted by atomic mass is 10.1. The lowest BCUT2D eigenvalue weighted by molar-refractivity contribution is -0.146. The zero-order chi connectivity index (χ0) is 13.9. The fraction of sp³-hybridized carbons (Fsp3) is 0.333. The van der Waals surface area contributed by atoms with Crippen molar-refractivity contribution in [3.8, 4) is 0 Å². The summed E-state index contributed by atoms with van der Waals surface area (Å²) in [4.78, 5) is 23.4. The maximum atomic E-state index is 13.1. The third-order valence-electron chi connectivity index (χ3n) is 2.55. The number of rotatable bonds is 4. The predicted octanol–water partition coefficient (Wildman–Crippen LogP) is 0.504. The van der Waals surface area contributed by atoms with E-state index in [9.17, 15) is 14.0 Å². The number of nitrogens with two attached hydrogens (primary N) is 1. The van der Waals surface area contributed by atoms with E-state index < -0.39 is 17.9 Å². The van der Waals surface area contributed by atoms with Crippen LogP contribution in [0, 0.1) is 12.7 Å². The van der Waals surface area contributed by atoms with Crippen LogP contribution in [0.15, 0.2) is 18.2 Å². The molecule has 0 heterocycles. The van der Waals surface area contributed by atoms with E-state index in [4.69, 9.17) is 10.8 Å². The zero-order valence-electron chi connectivity index (χ0n) is 10.2. The third-order valence-corrected chi connectivity index (χ3v) is 2.55. The van der Waals surface area contributed by atoms with Gasteiger partial charge in [0, 0.05) is 13.6 Å². The van der Waals surface area contributed by atoms with E-state index in [0.717, 1.165) is 0 Å². The van der Waals surface area contributed by atoms with Gasteiger partial charge in [0.05, 0.1) is 0 Å². The van der Waals surface area contributed by atoms with Crippen molar-refractivity contribution in [2.75, 3.05) is 7.05 Å². The highest BCUT2D eigenvalue weighted by molar-refractivity contribution is 6.00. The minimum Gasteiger partial charge on any atom is -0.480 e. The van der Waals surface area contributed by atoms with Crippen molar-refractivity contribution in [2.24, 2.45) is 5.73 Å². The second-order valence-corrected chi connectivity index (χ2v) is 4.09. The molecule has 0 fully saturated rings. The van der Waals surface area contributed by atoms with Gasteiger partial charge in [-0.05, 0) is 24.1 Å². The van der Waals surface area contributed by atoms with Gasteiger partial charge in [0.25, 0.3) is 5.91 Å². The van der Waals surface area contributed by atoms with E-state index in [0.29, 0.717) is 11.1 Å². The largest absolute Gasteiger partial charge is 0.480 e. The molecule has 1 unspecified atom stereocenters. The molecule has 5 nitrogen and oxygen atoms in total. The number of aliphatic carboxylic acids is 1. The number of aryl methyl sites for hydroxylation is 1. The van der Waals surface area contributed by atoms with E-state index in [2.05, 4.69) is 0 Å². The highest BCUT2D eigenvalue weighted by Gasteiger charge is 2.24. The number of likely N-dealkylation sites (N-methyl/N-ethyl adjacent to an activating group) is 1. The summed E-state index contributed by atoms with van der Waals surface area (Å²) in [5, 5.41) is 8.63. The first-order valence-electron chi connectivity index (χ1n) is 5.31. The summed E-state index contributed by atoms with van der Waals surface area (Å²) in [5.41, 5.74) is 6.40. The number of hydrogen-bond donors (Lipinski definition) is 2. The van der Waals surface area contributed by atoms with Crippen LogP contribution >= 0.6 is 0 Å². The predicted molar refractivity (Wildman–Crippen MR) is 63.2 cm³/mol. The van der Waals surface area contributed by atoms with Crippen LogP contribution in [0.25, 0.3) is 0 Å². The molecule has 1 aromatic rings. The number of amides is 1. The molecule has 1 amide bonds. The molecular weight excluding hydrogens is 239 g/mol. The number of halogens is 1. The number of carbonyl (C=O) groups excluding carboxylic acids is 1. The molecule has 0 aliphatic rings. The topological polar surface area (TPSA) is 83.6 Å². The molecule has 0 aromatic heterocycles. The van der Waals surface area contributed by atoms with Crippen LogP contribution in [0.2, 0.25) is 0 Å². The van der Waals surface area contributed by atoms with Crippen LogP contribution in [0.5, 0.6) is 0 Å². The molecule has 0 aliphatic carbocycles. The molecular formula is C12H15FN2O3. The first kappa shape index (κ1) is 14.1. The molecule has 0 bridgehead atoms. The van der Waals surface area contributed by atoms with Gasteiger partial charge in [-0.15, -0.1) is 0 Å². The Bertz CT molecular complexity index is 476. The zero-order valence-corrected chi connectivity index (χ0v) is 10.2. The van der Waals surface area contributed by atoms with Crippen LogP contribution in [0.1, 0.15) is 11.1 Å². The first-order chi connectivity index (χ1) is 8.32. The molecule has 0 spiro atoms. The lowest BCUT2D eigenvalue weighted by Gasteiger charge is -2.19. The summed E-state index contributed by atoms with van der Waals surface area (Å²) in [6.07, 6.45) is 0. The lowest BCUT2D eigenvalue weighted by Crippen LogP contribution is -2.46. The first-order valence-corrected chi connectivity index (χ1v) is 5.31. The van der Waals surface area contributed by atoms with Crippen molar-refractivity contribution in [3.63, 3.8) is 0 Å². The van der Waals surface area contributed by atoms with Gasteiger partial charge in [-0.25, -0.2) is 9.18 Å². The number of carboxylic acid groups (broad SMARTS) is 1. The van der Waals surface area contributed by atoms with Crippen molar-refractivity contribution in [2.45, 2.75) is 19.5 Å². The van der Waals surface area contributed by atoms with Crippen molar-refractivity contribution in [1.82, 2.24) is 4.90 Å². The average molecular weight is 254 g/mol. The van der Waals surface area contributed by atoms with Gasteiger partial charge in [0.2, 0.25) is 0 Å². The van der Waals surface area contributed by atoms with E-state index >= 15 is 0 Å². The molecule has 0 radical (unpaired) electrons. The Kier molecular flexibility index (Phi) is 4.38. The van der Waals surface area contributed by atoms with Crippen LogP contribution < -0.4 is 5.73 Å². The normalized spacial score (nSPS) is 12.0. The molecule has 1 aromatic carbocycles. The Labute approximate surface area is 104 Å². The second-order valence-electron chi connectivity index (χ2n) is 4.09. The van der Waals surface area contributed by atoms with E-state index in [1.807, 2.05) is 0 Å². The van der Waals surface area contributed by atoms with Gasteiger partial charge in [-0.3, -0.25) is 4.79 Å². The Hall–Kier alpha value is -1.95. The standard InChI is InChI=1S/C12H15FN2O3/c1-7-5-8(3-4-9(7)13)6-15(2)11(16)10(14)12(17)18/h3-5,10H,6,14H2,1-2H3,(H,17,18). The van der Waals surface area contributed by atoms with Gasteiger partial charge in [0.15, 0.2) is 6.04 Å². The van der Waals surface area contributed by atoms with Crippen LogP contribution in [0.4, 0.5) is 4.39 Å². The Morgan fingerprint density at radius 2 is 2.11 bits per heavy atom. The Balaban J connectivity index is 2.75. The van der Waals surface area contributed by atoms with E-state index in [1.54, 1.807) is 19.1 Å².